The monoisotopic (exact) mass is 228 g/mol. The van der Waals surface area contributed by atoms with Gasteiger partial charge in [0.15, 0.2) is 0 Å². The molecular weight excluding hydrogens is 212 g/mol. The predicted octanol–water partition coefficient (Wildman–Crippen LogP) is 1.10. The summed E-state index contributed by atoms with van der Waals surface area (Å²) in [6.45, 7) is 2.64. The van der Waals surface area contributed by atoms with Gasteiger partial charge >= 0.3 is 5.97 Å². The van der Waals surface area contributed by atoms with Crippen LogP contribution in [0.2, 0.25) is 0 Å². The van der Waals surface area contributed by atoms with Crippen LogP contribution >= 0.6 is 11.3 Å². The SMILES string of the molecule is CN(C)CCNCc1cc(C(=O)O)cs1. The average Bonchev–Trinajstić information content (AvgIpc) is 2.60. The van der Waals surface area contributed by atoms with Crippen molar-refractivity contribution < 1.29 is 9.90 Å². The van der Waals surface area contributed by atoms with E-state index in [0.29, 0.717) is 5.56 Å². The summed E-state index contributed by atoms with van der Waals surface area (Å²) in [5, 5.41) is 13.7. The molecular formula is C10H16N2O2S. The van der Waals surface area contributed by atoms with Crippen molar-refractivity contribution in [2.45, 2.75) is 6.54 Å². The van der Waals surface area contributed by atoms with Crippen molar-refractivity contribution in [1.29, 1.82) is 0 Å². The van der Waals surface area contributed by atoms with Gasteiger partial charge in [0.2, 0.25) is 0 Å². The number of aromatic carboxylic acids is 1. The molecule has 0 saturated carbocycles. The van der Waals surface area contributed by atoms with E-state index in [1.165, 1.54) is 11.3 Å². The zero-order valence-corrected chi connectivity index (χ0v) is 9.80. The van der Waals surface area contributed by atoms with E-state index >= 15 is 0 Å². The predicted molar refractivity (Wildman–Crippen MR) is 61.5 cm³/mol. The van der Waals surface area contributed by atoms with Gasteiger partial charge in [0.05, 0.1) is 5.56 Å². The van der Waals surface area contributed by atoms with Crippen molar-refractivity contribution in [3.05, 3.63) is 21.9 Å². The van der Waals surface area contributed by atoms with Crippen LogP contribution in [0.3, 0.4) is 0 Å². The van der Waals surface area contributed by atoms with Crippen LogP contribution in [-0.4, -0.2) is 43.2 Å². The van der Waals surface area contributed by atoms with Crippen molar-refractivity contribution in [1.82, 2.24) is 10.2 Å². The molecule has 15 heavy (non-hydrogen) atoms. The lowest BCUT2D eigenvalue weighted by atomic mass is 10.3. The number of hydrogen-bond acceptors (Lipinski definition) is 4. The Morgan fingerprint density at radius 1 is 1.60 bits per heavy atom. The number of nitrogens with zero attached hydrogens (tertiary/aromatic N) is 1. The first-order chi connectivity index (χ1) is 7.09. The molecule has 84 valence electrons. The summed E-state index contributed by atoms with van der Waals surface area (Å²) >= 11 is 1.48. The first-order valence-corrected chi connectivity index (χ1v) is 5.63. The summed E-state index contributed by atoms with van der Waals surface area (Å²) in [4.78, 5) is 13.8. The van der Waals surface area contributed by atoms with Gasteiger partial charge in [-0.3, -0.25) is 0 Å². The fourth-order valence-electron chi connectivity index (χ4n) is 1.10. The van der Waals surface area contributed by atoms with Crippen molar-refractivity contribution in [2.75, 3.05) is 27.2 Å². The van der Waals surface area contributed by atoms with Gasteiger partial charge in [0.1, 0.15) is 0 Å². The summed E-state index contributed by atoms with van der Waals surface area (Å²) in [5.74, 6) is -0.856. The van der Waals surface area contributed by atoms with E-state index in [2.05, 4.69) is 10.2 Å². The van der Waals surface area contributed by atoms with Crippen LogP contribution in [0.1, 0.15) is 15.2 Å². The highest BCUT2D eigenvalue weighted by molar-refractivity contribution is 7.10. The summed E-state index contributed by atoms with van der Waals surface area (Å²) in [6.07, 6.45) is 0. The number of thiophene rings is 1. The lowest BCUT2D eigenvalue weighted by Gasteiger charge is -2.09. The van der Waals surface area contributed by atoms with E-state index in [4.69, 9.17) is 5.11 Å². The summed E-state index contributed by atoms with van der Waals surface area (Å²) in [5.41, 5.74) is 0.379. The second kappa shape index (κ2) is 5.85. The third-order valence-corrected chi connectivity index (χ3v) is 2.87. The van der Waals surface area contributed by atoms with E-state index in [-0.39, 0.29) is 0 Å². The molecule has 0 aliphatic heterocycles. The van der Waals surface area contributed by atoms with Crippen LogP contribution in [0.4, 0.5) is 0 Å². The molecule has 2 N–H and O–H groups in total. The highest BCUT2D eigenvalue weighted by atomic mass is 32.1. The van der Waals surface area contributed by atoms with Gasteiger partial charge in [-0.25, -0.2) is 4.79 Å². The minimum atomic E-state index is -0.856. The molecule has 1 aromatic rings. The average molecular weight is 228 g/mol. The quantitative estimate of drug-likeness (QED) is 0.716. The van der Waals surface area contributed by atoms with Gasteiger partial charge in [0.25, 0.3) is 0 Å². The van der Waals surface area contributed by atoms with Gasteiger partial charge in [0, 0.05) is 29.9 Å². The van der Waals surface area contributed by atoms with Crippen LogP contribution < -0.4 is 5.32 Å². The molecule has 1 heterocycles. The second-order valence-corrected chi connectivity index (χ2v) is 4.58. The van der Waals surface area contributed by atoms with E-state index < -0.39 is 5.97 Å². The Hall–Kier alpha value is -0.910. The Kier molecular flexibility index (Phi) is 4.74. The van der Waals surface area contributed by atoms with Crippen LogP contribution in [0.25, 0.3) is 0 Å². The van der Waals surface area contributed by atoms with Crippen LogP contribution in [0, 0.1) is 0 Å². The number of hydrogen-bond donors (Lipinski definition) is 2. The Bertz CT molecular complexity index is 323. The molecule has 0 amide bonds. The van der Waals surface area contributed by atoms with Crippen LogP contribution in [-0.2, 0) is 6.54 Å². The van der Waals surface area contributed by atoms with E-state index in [1.54, 1.807) is 11.4 Å². The van der Waals surface area contributed by atoms with E-state index in [1.807, 2.05) is 14.1 Å². The van der Waals surface area contributed by atoms with Crippen molar-refractivity contribution in [3.63, 3.8) is 0 Å². The van der Waals surface area contributed by atoms with Crippen molar-refractivity contribution in [3.8, 4) is 0 Å². The number of likely N-dealkylation sites (N-methyl/N-ethyl adjacent to an activating group) is 1. The maximum absolute atomic E-state index is 10.6. The summed E-state index contributed by atoms with van der Waals surface area (Å²) in [6, 6.07) is 1.72. The molecule has 0 aromatic carbocycles. The minimum Gasteiger partial charge on any atom is -0.478 e. The third-order valence-electron chi connectivity index (χ3n) is 1.94. The van der Waals surface area contributed by atoms with Crippen molar-refractivity contribution in [2.24, 2.45) is 0 Å². The highest BCUT2D eigenvalue weighted by Crippen LogP contribution is 2.14. The molecule has 5 heteroatoms. The molecule has 0 saturated heterocycles. The molecule has 0 unspecified atom stereocenters. The molecule has 1 rings (SSSR count). The van der Waals surface area contributed by atoms with Crippen LogP contribution in [0.15, 0.2) is 11.4 Å². The smallest absolute Gasteiger partial charge is 0.336 e. The van der Waals surface area contributed by atoms with Gasteiger partial charge in [-0.2, -0.15) is 0 Å². The Morgan fingerprint density at radius 3 is 2.87 bits per heavy atom. The topological polar surface area (TPSA) is 52.6 Å². The highest BCUT2D eigenvalue weighted by Gasteiger charge is 2.05. The summed E-state index contributed by atoms with van der Waals surface area (Å²) in [7, 11) is 4.05. The normalized spacial score (nSPS) is 10.9. The molecule has 0 fully saturated rings. The van der Waals surface area contributed by atoms with Crippen LogP contribution in [0.5, 0.6) is 0 Å². The lowest BCUT2D eigenvalue weighted by Crippen LogP contribution is -2.25. The zero-order valence-electron chi connectivity index (χ0n) is 8.99. The number of carbonyl (C=O) groups is 1. The Labute approximate surface area is 93.5 Å². The Balaban J connectivity index is 2.29. The second-order valence-electron chi connectivity index (χ2n) is 3.59. The van der Waals surface area contributed by atoms with Crippen molar-refractivity contribution >= 4 is 17.3 Å². The first-order valence-electron chi connectivity index (χ1n) is 4.75. The number of carboxylic acids is 1. The number of nitrogens with one attached hydrogen (secondary N) is 1. The Morgan fingerprint density at radius 2 is 2.33 bits per heavy atom. The molecule has 0 atom stereocenters. The molecule has 0 spiro atoms. The molecule has 1 aromatic heterocycles. The van der Waals surface area contributed by atoms with Gasteiger partial charge in [-0.1, -0.05) is 0 Å². The zero-order chi connectivity index (χ0) is 11.3. The lowest BCUT2D eigenvalue weighted by molar-refractivity contribution is 0.0697. The molecule has 0 bridgehead atoms. The van der Waals surface area contributed by atoms with Gasteiger partial charge in [-0.05, 0) is 20.2 Å². The van der Waals surface area contributed by atoms with E-state index in [9.17, 15) is 4.79 Å². The fraction of sp³-hybridized carbons (Fsp3) is 0.500. The molecule has 0 radical (unpaired) electrons. The maximum atomic E-state index is 10.6. The molecule has 0 aliphatic rings. The summed E-state index contributed by atoms with van der Waals surface area (Å²) < 4.78 is 0. The molecule has 4 nitrogen and oxygen atoms in total. The largest absolute Gasteiger partial charge is 0.478 e. The number of rotatable bonds is 6. The maximum Gasteiger partial charge on any atom is 0.336 e. The van der Waals surface area contributed by atoms with Gasteiger partial charge < -0.3 is 15.3 Å². The number of carboxylic acid groups (broad SMARTS) is 1. The minimum absolute atomic E-state index is 0.379. The van der Waals surface area contributed by atoms with Gasteiger partial charge in [-0.15, -0.1) is 11.3 Å². The molecule has 0 aliphatic carbocycles. The first kappa shape index (κ1) is 12.2. The third kappa shape index (κ3) is 4.42. The fourth-order valence-corrected chi connectivity index (χ4v) is 1.93. The van der Waals surface area contributed by atoms with E-state index in [0.717, 1.165) is 24.5 Å². The standard InChI is InChI=1S/C10H16N2O2S/c1-12(2)4-3-11-6-9-5-8(7-15-9)10(13)14/h5,7,11H,3-4,6H2,1-2H3,(H,13,14).